The van der Waals surface area contributed by atoms with Gasteiger partial charge in [-0.15, -0.1) is 0 Å². The zero-order valence-corrected chi connectivity index (χ0v) is 11.8. The first-order chi connectivity index (χ1) is 9.15. The Bertz CT molecular complexity index is 567. The molecule has 2 heterocycles. The molecule has 0 aliphatic heterocycles. The van der Waals surface area contributed by atoms with Crippen molar-refractivity contribution in [3.63, 3.8) is 0 Å². The molecule has 2 aromatic heterocycles. The zero-order chi connectivity index (χ0) is 13.7. The van der Waals surface area contributed by atoms with E-state index in [4.69, 9.17) is 0 Å². The minimum Gasteiger partial charge on any atom is -0.338 e. The SMILES string of the molecule is Cc1cc(NC(=O)NCCc2ccncc2C)sn1. The van der Waals surface area contributed by atoms with E-state index in [1.54, 1.807) is 6.20 Å². The summed E-state index contributed by atoms with van der Waals surface area (Å²) in [5.41, 5.74) is 3.25. The molecule has 0 saturated carbocycles. The predicted octanol–water partition coefficient (Wildman–Crippen LogP) is 2.52. The number of hydrogen-bond donors (Lipinski definition) is 2. The summed E-state index contributed by atoms with van der Waals surface area (Å²) in [6.45, 7) is 4.50. The predicted molar refractivity (Wildman–Crippen MR) is 76.6 cm³/mol. The van der Waals surface area contributed by atoms with Crippen molar-refractivity contribution in [1.29, 1.82) is 0 Å². The van der Waals surface area contributed by atoms with Crippen LogP contribution in [0.4, 0.5) is 9.80 Å². The number of pyridine rings is 1. The maximum atomic E-state index is 11.6. The van der Waals surface area contributed by atoms with Gasteiger partial charge in [0.25, 0.3) is 0 Å². The van der Waals surface area contributed by atoms with Gasteiger partial charge in [0.05, 0.1) is 5.69 Å². The van der Waals surface area contributed by atoms with Crippen molar-refractivity contribution >= 4 is 22.6 Å². The quantitative estimate of drug-likeness (QED) is 0.901. The fourth-order valence-electron chi connectivity index (χ4n) is 1.67. The number of urea groups is 1. The van der Waals surface area contributed by atoms with Crippen LogP contribution in [0.5, 0.6) is 0 Å². The average Bonchev–Trinajstić information content (AvgIpc) is 2.77. The van der Waals surface area contributed by atoms with Crippen molar-refractivity contribution in [1.82, 2.24) is 14.7 Å². The molecule has 0 aromatic carbocycles. The molecular weight excluding hydrogens is 260 g/mol. The van der Waals surface area contributed by atoms with E-state index < -0.39 is 0 Å². The van der Waals surface area contributed by atoms with Gasteiger partial charge in [0.15, 0.2) is 0 Å². The van der Waals surface area contributed by atoms with E-state index in [1.807, 2.05) is 32.2 Å². The number of carbonyl (C=O) groups excluding carboxylic acids is 1. The Kier molecular flexibility index (Phi) is 4.46. The Morgan fingerprint density at radius 3 is 2.95 bits per heavy atom. The smallest absolute Gasteiger partial charge is 0.319 e. The average molecular weight is 276 g/mol. The molecule has 2 N–H and O–H groups in total. The molecule has 2 rings (SSSR count). The van der Waals surface area contributed by atoms with Crippen LogP contribution in [0.25, 0.3) is 0 Å². The molecule has 0 radical (unpaired) electrons. The second-order valence-corrected chi connectivity index (χ2v) is 5.07. The molecule has 100 valence electrons. The van der Waals surface area contributed by atoms with Crippen molar-refractivity contribution in [3.8, 4) is 0 Å². The number of anilines is 1. The lowest BCUT2D eigenvalue weighted by molar-refractivity contribution is 0.252. The highest BCUT2D eigenvalue weighted by molar-refractivity contribution is 7.10. The minimum atomic E-state index is -0.199. The summed E-state index contributed by atoms with van der Waals surface area (Å²) >= 11 is 1.28. The summed E-state index contributed by atoms with van der Waals surface area (Å²) in [5, 5.41) is 6.34. The fraction of sp³-hybridized carbons (Fsp3) is 0.308. The minimum absolute atomic E-state index is 0.199. The van der Waals surface area contributed by atoms with Crippen LogP contribution in [0, 0.1) is 13.8 Å². The van der Waals surface area contributed by atoms with Crippen LogP contribution < -0.4 is 10.6 Å². The first-order valence-electron chi connectivity index (χ1n) is 6.03. The molecule has 19 heavy (non-hydrogen) atoms. The lowest BCUT2D eigenvalue weighted by Crippen LogP contribution is -2.30. The van der Waals surface area contributed by atoms with Crippen LogP contribution in [0.3, 0.4) is 0 Å². The molecule has 0 bridgehead atoms. The summed E-state index contributed by atoms with van der Waals surface area (Å²) in [7, 11) is 0. The van der Waals surface area contributed by atoms with E-state index in [9.17, 15) is 4.79 Å². The van der Waals surface area contributed by atoms with Gasteiger partial charge in [-0.05, 0) is 55.1 Å². The van der Waals surface area contributed by atoms with E-state index >= 15 is 0 Å². The summed E-state index contributed by atoms with van der Waals surface area (Å²) in [5.74, 6) is 0. The number of aryl methyl sites for hydroxylation is 2. The molecule has 0 aliphatic carbocycles. The maximum Gasteiger partial charge on any atom is 0.319 e. The van der Waals surface area contributed by atoms with E-state index in [1.165, 1.54) is 17.1 Å². The first-order valence-corrected chi connectivity index (χ1v) is 6.80. The summed E-state index contributed by atoms with van der Waals surface area (Å²) in [6.07, 6.45) is 4.39. The second kappa shape index (κ2) is 6.29. The molecule has 6 heteroatoms. The molecule has 0 saturated heterocycles. The van der Waals surface area contributed by atoms with Gasteiger partial charge in [0.2, 0.25) is 0 Å². The maximum absolute atomic E-state index is 11.6. The molecule has 0 unspecified atom stereocenters. The number of hydrogen-bond acceptors (Lipinski definition) is 4. The molecule has 0 fully saturated rings. The van der Waals surface area contributed by atoms with Gasteiger partial charge in [-0.3, -0.25) is 10.3 Å². The molecular formula is C13H16N4OS. The van der Waals surface area contributed by atoms with Gasteiger partial charge in [0.1, 0.15) is 5.00 Å². The number of aromatic nitrogens is 2. The van der Waals surface area contributed by atoms with Crippen molar-refractivity contribution in [3.05, 3.63) is 41.3 Å². The molecule has 5 nitrogen and oxygen atoms in total. The Morgan fingerprint density at radius 1 is 1.42 bits per heavy atom. The first kappa shape index (κ1) is 13.5. The Balaban J connectivity index is 1.77. The number of nitrogens with zero attached hydrogens (tertiary/aromatic N) is 2. The Hall–Kier alpha value is -1.95. The van der Waals surface area contributed by atoms with Crippen molar-refractivity contribution in [2.45, 2.75) is 20.3 Å². The monoisotopic (exact) mass is 276 g/mol. The molecule has 2 amide bonds. The lowest BCUT2D eigenvalue weighted by atomic mass is 10.1. The van der Waals surface area contributed by atoms with E-state index in [0.717, 1.165) is 22.7 Å². The van der Waals surface area contributed by atoms with Crippen molar-refractivity contribution in [2.75, 3.05) is 11.9 Å². The number of rotatable bonds is 4. The third kappa shape index (κ3) is 4.03. The highest BCUT2D eigenvalue weighted by Crippen LogP contribution is 2.14. The highest BCUT2D eigenvalue weighted by atomic mass is 32.1. The zero-order valence-electron chi connectivity index (χ0n) is 10.9. The fourth-order valence-corrected chi connectivity index (χ4v) is 2.33. The van der Waals surface area contributed by atoms with Gasteiger partial charge < -0.3 is 5.32 Å². The lowest BCUT2D eigenvalue weighted by Gasteiger charge is -2.07. The number of carbonyl (C=O) groups is 1. The Morgan fingerprint density at radius 2 is 2.26 bits per heavy atom. The molecule has 2 aromatic rings. The topological polar surface area (TPSA) is 66.9 Å². The van der Waals surface area contributed by atoms with Crippen LogP contribution in [-0.2, 0) is 6.42 Å². The third-order valence-corrected chi connectivity index (χ3v) is 3.48. The molecule has 0 spiro atoms. The van der Waals surface area contributed by atoms with E-state index in [2.05, 4.69) is 20.0 Å². The van der Waals surface area contributed by atoms with Gasteiger partial charge in [-0.2, -0.15) is 4.37 Å². The third-order valence-electron chi connectivity index (χ3n) is 2.68. The Labute approximate surface area is 116 Å². The molecule has 0 atom stereocenters. The standard InChI is InChI=1S/C13H16N4OS/c1-9-8-14-5-3-11(9)4-6-15-13(18)16-12-7-10(2)17-19-12/h3,5,7-8H,4,6H2,1-2H3,(H2,15,16,18). The van der Waals surface area contributed by atoms with Gasteiger partial charge in [-0.1, -0.05) is 0 Å². The summed E-state index contributed by atoms with van der Waals surface area (Å²) in [4.78, 5) is 15.7. The van der Waals surface area contributed by atoms with Crippen LogP contribution in [0.1, 0.15) is 16.8 Å². The van der Waals surface area contributed by atoms with Crippen LogP contribution in [0.2, 0.25) is 0 Å². The summed E-state index contributed by atoms with van der Waals surface area (Å²) < 4.78 is 4.10. The van der Waals surface area contributed by atoms with Gasteiger partial charge >= 0.3 is 6.03 Å². The normalized spacial score (nSPS) is 10.2. The van der Waals surface area contributed by atoms with Crippen LogP contribution in [0.15, 0.2) is 24.5 Å². The largest absolute Gasteiger partial charge is 0.338 e. The van der Waals surface area contributed by atoms with Crippen molar-refractivity contribution in [2.24, 2.45) is 0 Å². The number of amides is 2. The van der Waals surface area contributed by atoms with E-state index in [-0.39, 0.29) is 6.03 Å². The molecule has 0 aliphatic rings. The number of nitrogens with one attached hydrogen (secondary N) is 2. The van der Waals surface area contributed by atoms with Gasteiger partial charge in [0, 0.05) is 18.9 Å². The van der Waals surface area contributed by atoms with Gasteiger partial charge in [-0.25, -0.2) is 4.79 Å². The summed E-state index contributed by atoms with van der Waals surface area (Å²) in [6, 6.07) is 3.62. The van der Waals surface area contributed by atoms with E-state index in [0.29, 0.717) is 6.54 Å². The highest BCUT2D eigenvalue weighted by Gasteiger charge is 2.04. The van der Waals surface area contributed by atoms with Crippen LogP contribution >= 0.6 is 11.5 Å². The van der Waals surface area contributed by atoms with Crippen molar-refractivity contribution < 1.29 is 4.79 Å². The second-order valence-electron chi connectivity index (χ2n) is 4.27. The van der Waals surface area contributed by atoms with Crippen LogP contribution in [-0.4, -0.2) is 21.9 Å².